The summed E-state index contributed by atoms with van der Waals surface area (Å²) < 4.78 is 13.6. The zero-order valence-electron chi connectivity index (χ0n) is 12.7. The van der Waals surface area contributed by atoms with Crippen molar-refractivity contribution >= 4 is 6.03 Å². The van der Waals surface area contributed by atoms with Gasteiger partial charge < -0.3 is 10.6 Å². The molecule has 2 N–H and O–H groups in total. The van der Waals surface area contributed by atoms with E-state index in [0.717, 1.165) is 11.8 Å². The summed E-state index contributed by atoms with van der Waals surface area (Å²) >= 11 is 0. The van der Waals surface area contributed by atoms with Gasteiger partial charge in [0.05, 0.1) is 0 Å². The molecule has 4 aliphatic carbocycles. The molecular weight excluding hydrogens is 279 g/mol. The molecule has 0 aliphatic heterocycles. The van der Waals surface area contributed by atoms with Crippen LogP contribution >= 0.6 is 0 Å². The third-order valence-electron chi connectivity index (χ3n) is 5.92. The third kappa shape index (κ3) is 2.59. The molecule has 0 radical (unpaired) electrons. The first-order chi connectivity index (χ1) is 10.7. The Morgan fingerprint density at radius 1 is 1.05 bits per heavy atom. The van der Waals surface area contributed by atoms with Crippen LogP contribution in [0.2, 0.25) is 0 Å². The summed E-state index contributed by atoms with van der Waals surface area (Å²) in [5.74, 6) is 2.87. The van der Waals surface area contributed by atoms with Crippen molar-refractivity contribution in [2.45, 2.75) is 44.7 Å². The first-order valence-corrected chi connectivity index (χ1v) is 8.47. The number of benzene rings is 1. The van der Waals surface area contributed by atoms with E-state index in [1.54, 1.807) is 18.2 Å². The largest absolute Gasteiger partial charge is 0.335 e. The molecule has 2 amide bonds. The molecular formula is C18H23FN2O. The fourth-order valence-corrected chi connectivity index (χ4v) is 5.18. The summed E-state index contributed by atoms with van der Waals surface area (Å²) in [6, 6.07) is 6.75. The second-order valence-corrected chi connectivity index (χ2v) is 7.37. The molecule has 0 unspecified atom stereocenters. The molecule has 22 heavy (non-hydrogen) atoms. The van der Waals surface area contributed by atoms with E-state index in [4.69, 9.17) is 0 Å². The van der Waals surface area contributed by atoms with Crippen molar-refractivity contribution in [2.75, 3.05) is 0 Å². The average Bonchev–Trinajstić information content (AvgIpc) is 2.49. The monoisotopic (exact) mass is 302 g/mol. The Hall–Kier alpha value is -1.58. The highest BCUT2D eigenvalue weighted by Gasteiger charge is 2.48. The molecule has 4 fully saturated rings. The van der Waals surface area contributed by atoms with Gasteiger partial charge in [-0.3, -0.25) is 0 Å². The minimum absolute atomic E-state index is 0.152. The number of carbonyl (C=O) groups is 1. The Morgan fingerprint density at radius 2 is 1.68 bits per heavy atom. The number of rotatable bonds is 3. The summed E-state index contributed by atoms with van der Waals surface area (Å²) in [6.07, 6.45) is 6.55. The second-order valence-electron chi connectivity index (χ2n) is 7.37. The fraction of sp³-hybridized carbons (Fsp3) is 0.611. The van der Waals surface area contributed by atoms with Gasteiger partial charge in [-0.1, -0.05) is 18.2 Å². The molecule has 4 bridgehead atoms. The highest BCUT2D eigenvalue weighted by molar-refractivity contribution is 5.74. The van der Waals surface area contributed by atoms with Crippen LogP contribution in [-0.2, 0) is 6.54 Å². The van der Waals surface area contributed by atoms with Crippen LogP contribution in [0.5, 0.6) is 0 Å². The molecule has 118 valence electrons. The van der Waals surface area contributed by atoms with Crippen LogP contribution in [0, 0.1) is 29.5 Å². The van der Waals surface area contributed by atoms with Gasteiger partial charge in [0, 0.05) is 18.2 Å². The summed E-state index contributed by atoms with van der Waals surface area (Å²) in [7, 11) is 0. The second kappa shape index (κ2) is 5.56. The molecule has 0 saturated heterocycles. The van der Waals surface area contributed by atoms with Crippen molar-refractivity contribution in [1.82, 2.24) is 10.6 Å². The Bertz CT molecular complexity index is 546. The van der Waals surface area contributed by atoms with E-state index in [9.17, 15) is 9.18 Å². The lowest BCUT2D eigenvalue weighted by Gasteiger charge is -2.54. The highest BCUT2D eigenvalue weighted by Crippen LogP contribution is 2.53. The number of amides is 2. The molecule has 0 heterocycles. The van der Waals surface area contributed by atoms with Crippen molar-refractivity contribution in [3.8, 4) is 0 Å². The molecule has 4 saturated carbocycles. The zero-order valence-corrected chi connectivity index (χ0v) is 12.7. The quantitative estimate of drug-likeness (QED) is 0.882. The van der Waals surface area contributed by atoms with Crippen molar-refractivity contribution < 1.29 is 9.18 Å². The number of nitrogens with one attached hydrogen (secondary N) is 2. The lowest BCUT2D eigenvalue weighted by molar-refractivity contribution is -0.00942. The van der Waals surface area contributed by atoms with Crippen molar-refractivity contribution in [3.63, 3.8) is 0 Å². The van der Waals surface area contributed by atoms with E-state index < -0.39 is 0 Å². The van der Waals surface area contributed by atoms with Gasteiger partial charge in [-0.25, -0.2) is 9.18 Å². The first kappa shape index (κ1) is 14.0. The van der Waals surface area contributed by atoms with Crippen LogP contribution in [0.4, 0.5) is 9.18 Å². The highest BCUT2D eigenvalue weighted by atomic mass is 19.1. The number of hydrogen-bond donors (Lipinski definition) is 2. The maximum Gasteiger partial charge on any atom is 0.315 e. The third-order valence-corrected chi connectivity index (χ3v) is 5.92. The van der Waals surface area contributed by atoms with E-state index >= 15 is 0 Å². The molecule has 4 aliphatic rings. The molecule has 0 spiro atoms. The summed E-state index contributed by atoms with van der Waals surface area (Å²) in [4.78, 5) is 12.2. The Balaban J connectivity index is 1.34. The maximum atomic E-state index is 13.6. The van der Waals surface area contributed by atoms with Gasteiger partial charge in [-0.15, -0.1) is 0 Å². The van der Waals surface area contributed by atoms with Gasteiger partial charge in [-0.05, 0) is 61.8 Å². The molecule has 4 heteroatoms. The van der Waals surface area contributed by atoms with Gasteiger partial charge in [-0.2, -0.15) is 0 Å². The SMILES string of the molecule is O=C(NCc1ccccc1F)NC1C2CC3CC(C2)CC1C3. The van der Waals surface area contributed by atoms with Gasteiger partial charge >= 0.3 is 6.03 Å². The number of carbonyl (C=O) groups excluding carboxylic acids is 1. The summed E-state index contributed by atoms with van der Waals surface area (Å²) in [5, 5.41) is 5.99. The maximum absolute atomic E-state index is 13.6. The number of halogens is 1. The van der Waals surface area contributed by atoms with Crippen LogP contribution in [0.25, 0.3) is 0 Å². The van der Waals surface area contributed by atoms with E-state index in [0.29, 0.717) is 23.4 Å². The van der Waals surface area contributed by atoms with Crippen molar-refractivity contribution in [1.29, 1.82) is 0 Å². The van der Waals surface area contributed by atoms with Crippen LogP contribution in [0.15, 0.2) is 24.3 Å². The Labute approximate surface area is 130 Å². The van der Waals surface area contributed by atoms with Gasteiger partial charge in [0.15, 0.2) is 0 Å². The molecule has 5 rings (SSSR count). The lowest BCUT2D eigenvalue weighted by Crippen LogP contribution is -2.57. The summed E-state index contributed by atoms with van der Waals surface area (Å²) in [5.41, 5.74) is 0.530. The van der Waals surface area contributed by atoms with E-state index in [1.807, 2.05) is 0 Å². The zero-order chi connectivity index (χ0) is 15.1. The first-order valence-electron chi connectivity index (χ1n) is 8.47. The van der Waals surface area contributed by atoms with Gasteiger partial charge in [0.25, 0.3) is 0 Å². The molecule has 0 aromatic heterocycles. The van der Waals surface area contributed by atoms with Crippen LogP contribution in [0.3, 0.4) is 0 Å². The molecule has 1 aromatic rings. The molecule has 1 aromatic carbocycles. The van der Waals surface area contributed by atoms with Crippen LogP contribution < -0.4 is 10.6 Å². The van der Waals surface area contributed by atoms with Gasteiger partial charge in [0.1, 0.15) is 5.82 Å². The predicted molar refractivity (Wildman–Crippen MR) is 82.6 cm³/mol. The van der Waals surface area contributed by atoms with Crippen molar-refractivity contribution in [2.24, 2.45) is 23.7 Å². The normalized spacial score (nSPS) is 35.4. The number of urea groups is 1. The van der Waals surface area contributed by atoms with Gasteiger partial charge in [0.2, 0.25) is 0 Å². The standard InChI is InChI=1S/C18H23FN2O/c19-16-4-2-1-3-13(16)10-20-18(22)21-17-14-6-11-5-12(8-14)9-15(17)7-11/h1-4,11-12,14-15,17H,5-10H2,(H2,20,21,22). The van der Waals surface area contributed by atoms with Crippen LogP contribution in [0.1, 0.15) is 37.7 Å². The summed E-state index contributed by atoms with van der Waals surface area (Å²) in [6.45, 7) is 0.242. The van der Waals surface area contributed by atoms with E-state index in [-0.39, 0.29) is 18.4 Å². The topological polar surface area (TPSA) is 41.1 Å². The minimum atomic E-state index is -0.266. The Morgan fingerprint density at radius 3 is 2.32 bits per heavy atom. The Kier molecular flexibility index (Phi) is 3.55. The van der Waals surface area contributed by atoms with Crippen LogP contribution in [-0.4, -0.2) is 12.1 Å². The van der Waals surface area contributed by atoms with E-state index in [1.165, 1.54) is 38.2 Å². The molecule has 3 nitrogen and oxygen atoms in total. The predicted octanol–water partition coefficient (Wildman–Crippen LogP) is 3.45. The number of hydrogen-bond acceptors (Lipinski definition) is 1. The lowest BCUT2D eigenvalue weighted by atomic mass is 9.54. The minimum Gasteiger partial charge on any atom is -0.335 e. The molecule has 0 atom stereocenters. The fourth-order valence-electron chi connectivity index (χ4n) is 5.18. The van der Waals surface area contributed by atoms with E-state index in [2.05, 4.69) is 10.6 Å². The van der Waals surface area contributed by atoms with Crippen molar-refractivity contribution in [3.05, 3.63) is 35.6 Å². The average molecular weight is 302 g/mol. The smallest absolute Gasteiger partial charge is 0.315 e.